The number of carbonyl (C=O) groups excluding carboxylic acids is 1. The minimum atomic E-state index is -0.405. The van der Waals surface area contributed by atoms with Crippen LogP contribution in [0.4, 0.5) is 5.69 Å². The summed E-state index contributed by atoms with van der Waals surface area (Å²) in [6.07, 6.45) is 0. The zero-order valence-corrected chi connectivity index (χ0v) is 15.0. The molecule has 0 radical (unpaired) electrons. The van der Waals surface area contributed by atoms with Gasteiger partial charge in [0.2, 0.25) is 0 Å². The highest BCUT2D eigenvalue weighted by atomic mass is 32.1. The molecule has 4 rings (SSSR count). The highest BCUT2D eigenvalue weighted by molar-refractivity contribution is 7.16. The molecule has 136 valence electrons. The minimum Gasteiger partial charge on any atom is -0.484 e. The van der Waals surface area contributed by atoms with E-state index in [0.717, 1.165) is 32.5 Å². The lowest BCUT2D eigenvalue weighted by Crippen LogP contribution is -2.20. The van der Waals surface area contributed by atoms with Crippen molar-refractivity contribution in [2.45, 2.75) is 6.92 Å². The summed E-state index contributed by atoms with van der Waals surface area (Å²) in [4.78, 5) is 37.4. The van der Waals surface area contributed by atoms with Crippen LogP contribution in [0.3, 0.4) is 0 Å². The zero-order chi connectivity index (χ0) is 19.0. The molecular formula is C19H14N2O5S. The van der Waals surface area contributed by atoms with E-state index in [4.69, 9.17) is 9.15 Å². The second-order valence-electron chi connectivity index (χ2n) is 5.97. The van der Waals surface area contributed by atoms with Crippen LogP contribution in [0, 0.1) is 6.92 Å². The maximum absolute atomic E-state index is 12.1. The van der Waals surface area contributed by atoms with E-state index >= 15 is 0 Å². The molecule has 0 atom stereocenters. The summed E-state index contributed by atoms with van der Waals surface area (Å²) < 4.78 is 11.4. The number of hydrogen-bond donors (Lipinski definition) is 2. The molecule has 2 N–H and O–H groups in total. The smallest absolute Gasteiger partial charge is 0.336 e. The Kier molecular flexibility index (Phi) is 4.25. The van der Waals surface area contributed by atoms with Gasteiger partial charge in [0.15, 0.2) is 6.61 Å². The quantitative estimate of drug-likeness (QED) is 0.528. The van der Waals surface area contributed by atoms with Crippen molar-refractivity contribution in [2.24, 2.45) is 0 Å². The van der Waals surface area contributed by atoms with E-state index in [1.165, 1.54) is 6.07 Å². The maximum atomic E-state index is 12.1. The number of benzene rings is 2. The number of hydrogen-bond acceptors (Lipinski definition) is 6. The number of aryl methyl sites for hydroxylation is 1. The third-order valence-corrected chi connectivity index (χ3v) is 4.84. The van der Waals surface area contributed by atoms with E-state index < -0.39 is 5.63 Å². The van der Waals surface area contributed by atoms with Gasteiger partial charge in [0.1, 0.15) is 11.3 Å². The summed E-state index contributed by atoms with van der Waals surface area (Å²) in [7, 11) is 0. The first-order valence-corrected chi connectivity index (χ1v) is 8.90. The van der Waals surface area contributed by atoms with Crippen LogP contribution in [-0.4, -0.2) is 17.5 Å². The predicted molar refractivity (Wildman–Crippen MR) is 104 cm³/mol. The highest BCUT2D eigenvalue weighted by Gasteiger charge is 2.08. The number of nitrogens with one attached hydrogen (secondary N) is 2. The van der Waals surface area contributed by atoms with Crippen LogP contribution in [-0.2, 0) is 4.79 Å². The van der Waals surface area contributed by atoms with Crippen molar-refractivity contribution in [1.82, 2.24) is 4.98 Å². The van der Waals surface area contributed by atoms with Crippen molar-refractivity contribution >= 4 is 44.1 Å². The standard InChI is InChI=1S/C19H14N2O5S/c1-10-6-18(23)26-15-5-3-12(8-13(10)15)25-9-17(22)20-11-2-4-14-16(7-11)27-19(24)21-14/h2-8H,9H2,1H3,(H,20,22)(H,21,24). The van der Waals surface area contributed by atoms with Crippen molar-refractivity contribution in [3.05, 3.63) is 68.1 Å². The van der Waals surface area contributed by atoms with Crippen molar-refractivity contribution in [3.63, 3.8) is 0 Å². The molecule has 0 saturated heterocycles. The first-order valence-electron chi connectivity index (χ1n) is 8.08. The van der Waals surface area contributed by atoms with Crippen LogP contribution in [0.1, 0.15) is 5.56 Å². The van der Waals surface area contributed by atoms with Gasteiger partial charge in [-0.1, -0.05) is 11.3 Å². The molecule has 0 unspecified atom stereocenters. The van der Waals surface area contributed by atoms with Gasteiger partial charge in [-0.05, 0) is 48.9 Å². The van der Waals surface area contributed by atoms with Crippen molar-refractivity contribution in [3.8, 4) is 5.75 Å². The molecule has 1 amide bonds. The zero-order valence-electron chi connectivity index (χ0n) is 14.2. The molecular weight excluding hydrogens is 368 g/mol. The Morgan fingerprint density at radius 1 is 1.19 bits per heavy atom. The number of carbonyl (C=O) groups is 1. The molecule has 27 heavy (non-hydrogen) atoms. The summed E-state index contributed by atoms with van der Waals surface area (Å²) in [5.41, 5.74) is 2.16. The Balaban J connectivity index is 1.46. The van der Waals surface area contributed by atoms with Crippen LogP contribution in [0.5, 0.6) is 5.75 Å². The maximum Gasteiger partial charge on any atom is 0.336 e. The largest absolute Gasteiger partial charge is 0.484 e. The Hall–Kier alpha value is -3.39. The van der Waals surface area contributed by atoms with Crippen LogP contribution in [0.2, 0.25) is 0 Å². The number of fused-ring (bicyclic) bond motifs is 2. The topological polar surface area (TPSA) is 101 Å². The molecule has 0 aliphatic carbocycles. The fourth-order valence-electron chi connectivity index (χ4n) is 2.76. The fraction of sp³-hybridized carbons (Fsp3) is 0.105. The molecule has 0 bridgehead atoms. The van der Waals surface area contributed by atoms with Gasteiger partial charge >= 0.3 is 10.5 Å². The Morgan fingerprint density at radius 3 is 2.89 bits per heavy atom. The number of H-pyrrole nitrogens is 1. The number of thiazole rings is 1. The molecule has 7 nitrogen and oxygen atoms in total. The number of ether oxygens (including phenoxy) is 1. The predicted octanol–water partition coefficient (Wildman–Crippen LogP) is 3.02. The van der Waals surface area contributed by atoms with E-state index in [0.29, 0.717) is 17.0 Å². The van der Waals surface area contributed by atoms with E-state index in [1.54, 1.807) is 43.3 Å². The molecule has 0 spiro atoms. The highest BCUT2D eigenvalue weighted by Crippen LogP contribution is 2.23. The van der Waals surface area contributed by atoms with Crippen molar-refractivity contribution < 1.29 is 13.9 Å². The third-order valence-electron chi connectivity index (χ3n) is 4.00. The summed E-state index contributed by atoms with van der Waals surface area (Å²) in [5, 5.41) is 3.49. The lowest BCUT2D eigenvalue weighted by molar-refractivity contribution is -0.118. The van der Waals surface area contributed by atoms with Gasteiger partial charge in [-0.2, -0.15) is 0 Å². The Labute approximate surface area is 156 Å². The SMILES string of the molecule is Cc1cc(=O)oc2ccc(OCC(=O)Nc3ccc4[nH]c(=O)sc4c3)cc12. The van der Waals surface area contributed by atoms with E-state index in [9.17, 15) is 14.4 Å². The van der Waals surface area contributed by atoms with Crippen molar-refractivity contribution in [1.29, 1.82) is 0 Å². The van der Waals surface area contributed by atoms with Gasteiger partial charge in [-0.3, -0.25) is 9.59 Å². The third kappa shape index (κ3) is 3.61. The van der Waals surface area contributed by atoms with E-state index in [1.807, 2.05) is 0 Å². The lowest BCUT2D eigenvalue weighted by Gasteiger charge is -2.09. The van der Waals surface area contributed by atoms with E-state index in [-0.39, 0.29) is 17.4 Å². The lowest BCUT2D eigenvalue weighted by atomic mass is 10.1. The average molecular weight is 382 g/mol. The van der Waals surface area contributed by atoms with Gasteiger partial charge in [0.05, 0.1) is 10.2 Å². The van der Waals surface area contributed by atoms with E-state index in [2.05, 4.69) is 10.3 Å². The molecule has 0 aliphatic heterocycles. The van der Waals surface area contributed by atoms with Crippen LogP contribution < -0.4 is 20.6 Å². The molecule has 2 heterocycles. The Bertz CT molecular complexity index is 1280. The van der Waals surface area contributed by atoms with Crippen LogP contribution >= 0.6 is 11.3 Å². The minimum absolute atomic E-state index is 0.140. The van der Waals surface area contributed by atoms with Gasteiger partial charge < -0.3 is 19.5 Å². The number of aromatic nitrogens is 1. The van der Waals surface area contributed by atoms with Gasteiger partial charge in [-0.15, -0.1) is 0 Å². The fourth-order valence-corrected chi connectivity index (χ4v) is 3.53. The molecule has 8 heteroatoms. The second kappa shape index (κ2) is 6.73. The first kappa shape index (κ1) is 17.0. The summed E-state index contributed by atoms with van der Waals surface area (Å²) in [6, 6.07) is 11.6. The van der Waals surface area contributed by atoms with Crippen LogP contribution in [0.15, 0.2) is 56.5 Å². The average Bonchev–Trinajstić information content (AvgIpc) is 2.99. The molecule has 4 aromatic rings. The summed E-state index contributed by atoms with van der Waals surface area (Å²) in [5.74, 6) is 0.169. The van der Waals surface area contributed by atoms with Gasteiger partial charge in [0, 0.05) is 17.1 Å². The summed E-state index contributed by atoms with van der Waals surface area (Å²) >= 11 is 1.08. The van der Waals surface area contributed by atoms with Gasteiger partial charge in [0.25, 0.3) is 5.91 Å². The molecule has 2 aromatic heterocycles. The summed E-state index contributed by atoms with van der Waals surface area (Å²) in [6.45, 7) is 1.63. The number of amides is 1. The molecule has 0 saturated carbocycles. The van der Waals surface area contributed by atoms with Crippen LogP contribution in [0.25, 0.3) is 21.2 Å². The number of anilines is 1. The van der Waals surface area contributed by atoms with Gasteiger partial charge in [-0.25, -0.2) is 4.79 Å². The number of aromatic amines is 1. The second-order valence-corrected chi connectivity index (χ2v) is 6.98. The van der Waals surface area contributed by atoms with Crippen molar-refractivity contribution in [2.75, 3.05) is 11.9 Å². The molecule has 0 aliphatic rings. The normalized spacial score (nSPS) is 11.0. The number of rotatable bonds is 4. The molecule has 2 aromatic carbocycles. The molecule has 0 fully saturated rings. The first-order chi connectivity index (χ1) is 13.0. The monoisotopic (exact) mass is 382 g/mol. The Morgan fingerprint density at radius 2 is 2.04 bits per heavy atom.